The lowest BCUT2D eigenvalue weighted by atomic mass is 9.78. The molecule has 0 unspecified atom stereocenters. The predicted octanol–water partition coefficient (Wildman–Crippen LogP) is -0.348. The number of hydrogen-bond donors (Lipinski definition) is 2. The van der Waals surface area contributed by atoms with Crippen LogP contribution in [0.2, 0.25) is 0 Å². The number of nitriles is 1. The summed E-state index contributed by atoms with van der Waals surface area (Å²) >= 11 is 0. The van der Waals surface area contributed by atoms with Crippen molar-refractivity contribution in [3.63, 3.8) is 0 Å². The average Bonchev–Trinajstić information content (AvgIpc) is 2.15. The second kappa shape index (κ2) is 3.88. The Kier molecular flexibility index (Phi) is 2.97. The van der Waals surface area contributed by atoms with Crippen LogP contribution in [-0.4, -0.2) is 22.2 Å². The third kappa shape index (κ3) is 2.46. The molecule has 2 N–H and O–H groups in total. The van der Waals surface area contributed by atoms with Crippen LogP contribution in [0.4, 0.5) is 13.2 Å². The first-order valence-corrected chi connectivity index (χ1v) is 3.70. The highest BCUT2D eigenvalue weighted by Gasteiger charge is 2.38. The molecule has 0 aliphatic heterocycles. The maximum Gasteiger partial charge on any atom is 0.490 e. The summed E-state index contributed by atoms with van der Waals surface area (Å²) in [5, 5.41) is 25.7. The van der Waals surface area contributed by atoms with Crippen molar-refractivity contribution in [2.75, 3.05) is 0 Å². The van der Waals surface area contributed by atoms with Crippen molar-refractivity contribution >= 4 is 12.6 Å². The van der Waals surface area contributed by atoms with Gasteiger partial charge in [-0.15, -0.1) is 0 Å². The van der Waals surface area contributed by atoms with Crippen molar-refractivity contribution in [1.29, 1.82) is 5.26 Å². The summed E-state index contributed by atoms with van der Waals surface area (Å²) in [6.07, 6.45) is -4.83. The van der Waals surface area contributed by atoms with Crippen molar-refractivity contribution < 1.29 is 23.2 Å². The largest absolute Gasteiger partial charge is 0.490 e. The molecule has 8 heteroatoms. The second-order valence-corrected chi connectivity index (χ2v) is 2.62. The number of hydrogen-bond acceptors (Lipinski definition) is 4. The van der Waals surface area contributed by atoms with Crippen LogP contribution in [-0.2, 0) is 6.18 Å². The van der Waals surface area contributed by atoms with Gasteiger partial charge < -0.3 is 10.0 Å². The van der Waals surface area contributed by atoms with E-state index in [-0.39, 0.29) is 0 Å². The van der Waals surface area contributed by atoms with Gasteiger partial charge in [-0.05, 0) is 6.07 Å². The Bertz CT molecular complexity index is 414. The molecule has 78 valence electrons. The SMILES string of the molecule is N#Cc1ccc(B(O)O)c(C(F)(F)F)n1. The lowest BCUT2D eigenvalue weighted by molar-refractivity contribution is -0.140. The Balaban J connectivity index is 3.37. The van der Waals surface area contributed by atoms with Crippen molar-refractivity contribution in [3.05, 3.63) is 23.5 Å². The lowest BCUT2D eigenvalue weighted by Gasteiger charge is -2.10. The number of aromatic nitrogens is 1. The number of pyridine rings is 1. The number of halogens is 3. The van der Waals surface area contributed by atoms with E-state index in [4.69, 9.17) is 15.3 Å². The van der Waals surface area contributed by atoms with Gasteiger partial charge in [-0.3, -0.25) is 0 Å². The monoisotopic (exact) mass is 216 g/mol. The summed E-state index contributed by atoms with van der Waals surface area (Å²) < 4.78 is 37.0. The maximum atomic E-state index is 12.3. The molecular weight excluding hydrogens is 212 g/mol. The lowest BCUT2D eigenvalue weighted by Crippen LogP contribution is -2.37. The van der Waals surface area contributed by atoms with Crippen LogP contribution in [0.25, 0.3) is 0 Å². The first-order chi connectivity index (χ1) is 6.86. The number of nitrogens with zero attached hydrogens (tertiary/aromatic N) is 2. The zero-order valence-electron chi connectivity index (χ0n) is 7.15. The molecule has 1 rings (SSSR count). The molecule has 15 heavy (non-hydrogen) atoms. The highest BCUT2D eigenvalue weighted by molar-refractivity contribution is 6.59. The van der Waals surface area contributed by atoms with E-state index in [0.717, 1.165) is 12.1 Å². The topological polar surface area (TPSA) is 77.1 Å². The van der Waals surface area contributed by atoms with Gasteiger partial charge in [-0.2, -0.15) is 18.4 Å². The highest BCUT2D eigenvalue weighted by Crippen LogP contribution is 2.26. The summed E-state index contributed by atoms with van der Waals surface area (Å²) in [6, 6.07) is 3.21. The quantitative estimate of drug-likeness (QED) is 0.629. The molecule has 1 aromatic heterocycles. The molecule has 0 aromatic carbocycles. The van der Waals surface area contributed by atoms with Crippen LogP contribution in [0.3, 0.4) is 0 Å². The van der Waals surface area contributed by atoms with Gasteiger partial charge in [0.15, 0.2) is 0 Å². The second-order valence-electron chi connectivity index (χ2n) is 2.62. The molecule has 0 atom stereocenters. The van der Waals surface area contributed by atoms with E-state index >= 15 is 0 Å². The van der Waals surface area contributed by atoms with Crippen molar-refractivity contribution in [3.8, 4) is 6.07 Å². The van der Waals surface area contributed by atoms with Crippen molar-refractivity contribution in [2.45, 2.75) is 6.18 Å². The molecule has 1 aromatic rings. The van der Waals surface area contributed by atoms with Crippen LogP contribution in [0.1, 0.15) is 11.4 Å². The zero-order chi connectivity index (χ0) is 11.6. The fraction of sp³-hybridized carbons (Fsp3) is 0.143. The summed E-state index contributed by atoms with van der Waals surface area (Å²) in [6.45, 7) is 0. The molecule has 4 nitrogen and oxygen atoms in total. The minimum absolute atomic E-state index is 0.438. The van der Waals surface area contributed by atoms with E-state index in [9.17, 15) is 13.2 Å². The molecule has 0 bridgehead atoms. The van der Waals surface area contributed by atoms with Gasteiger partial charge in [-0.25, -0.2) is 4.98 Å². The smallest absolute Gasteiger partial charge is 0.423 e. The first-order valence-electron chi connectivity index (χ1n) is 3.70. The van der Waals surface area contributed by atoms with E-state index < -0.39 is 30.1 Å². The van der Waals surface area contributed by atoms with E-state index in [1.165, 1.54) is 6.07 Å². The van der Waals surface area contributed by atoms with E-state index in [1.54, 1.807) is 0 Å². The molecule has 0 radical (unpaired) electrons. The molecule has 0 amide bonds. The molecule has 0 spiro atoms. The third-order valence-corrected chi connectivity index (χ3v) is 1.59. The zero-order valence-corrected chi connectivity index (χ0v) is 7.15. The fourth-order valence-electron chi connectivity index (χ4n) is 0.968. The first kappa shape index (κ1) is 11.5. The van der Waals surface area contributed by atoms with Crippen LogP contribution in [0.5, 0.6) is 0 Å². The number of rotatable bonds is 1. The van der Waals surface area contributed by atoms with E-state index in [2.05, 4.69) is 4.98 Å². The summed E-state index contributed by atoms with van der Waals surface area (Å²) in [4.78, 5) is 2.98. The van der Waals surface area contributed by atoms with Crippen molar-refractivity contribution in [1.82, 2.24) is 4.98 Å². The summed E-state index contributed by atoms with van der Waals surface area (Å²) in [7, 11) is -2.28. The fourth-order valence-corrected chi connectivity index (χ4v) is 0.968. The molecule has 0 saturated carbocycles. The Morgan fingerprint density at radius 3 is 2.33 bits per heavy atom. The Hall–Kier alpha value is -1.59. The maximum absolute atomic E-state index is 12.3. The molecule has 0 fully saturated rings. The minimum atomic E-state index is -4.83. The minimum Gasteiger partial charge on any atom is -0.423 e. The van der Waals surface area contributed by atoms with Crippen LogP contribution in [0, 0.1) is 11.3 Å². The Morgan fingerprint density at radius 1 is 1.33 bits per heavy atom. The van der Waals surface area contributed by atoms with Gasteiger partial charge in [0.05, 0.1) is 0 Å². The normalized spacial score (nSPS) is 10.9. The number of alkyl halides is 3. The van der Waals surface area contributed by atoms with Gasteiger partial charge >= 0.3 is 13.3 Å². The molecule has 1 heterocycles. The van der Waals surface area contributed by atoms with Crippen molar-refractivity contribution in [2.24, 2.45) is 0 Å². The van der Waals surface area contributed by atoms with Gasteiger partial charge in [0, 0.05) is 5.46 Å². The average molecular weight is 216 g/mol. The van der Waals surface area contributed by atoms with E-state index in [0.29, 0.717) is 0 Å². The van der Waals surface area contributed by atoms with Gasteiger partial charge in [0.1, 0.15) is 17.5 Å². The predicted molar refractivity (Wildman–Crippen MR) is 43.8 cm³/mol. The summed E-state index contributed by atoms with van der Waals surface area (Å²) in [5.74, 6) is 0. The molecule has 0 aliphatic rings. The Morgan fingerprint density at radius 2 is 1.93 bits per heavy atom. The Labute approximate surface area is 82.8 Å². The van der Waals surface area contributed by atoms with Crippen LogP contribution < -0.4 is 5.46 Å². The third-order valence-electron chi connectivity index (χ3n) is 1.59. The summed E-state index contributed by atoms with van der Waals surface area (Å²) in [5.41, 5.74) is -2.68. The van der Waals surface area contributed by atoms with Gasteiger partial charge in [0.25, 0.3) is 0 Å². The van der Waals surface area contributed by atoms with Crippen LogP contribution in [0.15, 0.2) is 12.1 Å². The van der Waals surface area contributed by atoms with Gasteiger partial charge in [0.2, 0.25) is 0 Å². The molecular formula is C7H4BF3N2O2. The molecule has 0 aliphatic carbocycles. The standard InChI is InChI=1S/C7H4BF3N2O2/c9-7(10,11)6-5(8(14)15)2-1-4(3-12)13-6/h1-2,14-15H. The van der Waals surface area contributed by atoms with E-state index in [1.807, 2.05) is 0 Å². The highest BCUT2D eigenvalue weighted by atomic mass is 19.4. The molecule has 0 saturated heterocycles. The van der Waals surface area contributed by atoms with Gasteiger partial charge in [-0.1, -0.05) is 6.07 Å². The van der Waals surface area contributed by atoms with Crippen LogP contribution >= 0.6 is 0 Å².